The number of nitrogens with one attached hydrogen (secondary N) is 2. The monoisotopic (exact) mass is 330 g/mol. The summed E-state index contributed by atoms with van der Waals surface area (Å²) < 4.78 is 5.12. The number of carbonyl (C=O) groups excluding carboxylic acids is 1. The van der Waals surface area contributed by atoms with E-state index in [1.165, 1.54) is 11.8 Å². The molecule has 23 heavy (non-hydrogen) atoms. The summed E-state index contributed by atoms with van der Waals surface area (Å²) in [5.41, 5.74) is 1.99. The van der Waals surface area contributed by atoms with Crippen molar-refractivity contribution in [3.8, 4) is 5.75 Å². The molecule has 0 aromatic heterocycles. The lowest BCUT2D eigenvalue weighted by atomic mass is 10.2. The van der Waals surface area contributed by atoms with Gasteiger partial charge in [-0.2, -0.15) is 0 Å². The first kappa shape index (κ1) is 17.4. The van der Waals surface area contributed by atoms with Crippen molar-refractivity contribution in [2.75, 3.05) is 24.7 Å². The van der Waals surface area contributed by atoms with Crippen molar-refractivity contribution in [2.45, 2.75) is 18.4 Å². The van der Waals surface area contributed by atoms with Crippen LogP contribution in [0.4, 0.5) is 5.69 Å². The predicted molar refractivity (Wildman–Crippen MR) is 96.2 cm³/mol. The molecule has 0 spiro atoms. The van der Waals surface area contributed by atoms with Crippen LogP contribution in [0.15, 0.2) is 53.4 Å². The summed E-state index contributed by atoms with van der Waals surface area (Å²) in [6.07, 6.45) is 0. The van der Waals surface area contributed by atoms with Gasteiger partial charge in [-0.25, -0.2) is 0 Å². The van der Waals surface area contributed by atoms with Gasteiger partial charge < -0.3 is 15.4 Å². The summed E-state index contributed by atoms with van der Waals surface area (Å²) in [4.78, 5) is 13.1. The van der Waals surface area contributed by atoms with Gasteiger partial charge in [0.05, 0.1) is 12.9 Å². The van der Waals surface area contributed by atoms with E-state index in [0.29, 0.717) is 5.75 Å². The number of amides is 1. The van der Waals surface area contributed by atoms with E-state index >= 15 is 0 Å². The fourth-order valence-electron chi connectivity index (χ4n) is 2.05. The van der Waals surface area contributed by atoms with Crippen LogP contribution in [-0.4, -0.2) is 25.3 Å². The van der Waals surface area contributed by atoms with Gasteiger partial charge in [0.2, 0.25) is 5.91 Å². The normalized spacial score (nSPS) is 10.3. The molecule has 2 aromatic rings. The maximum Gasteiger partial charge on any atom is 0.234 e. The van der Waals surface area contributed by atoms with Crippen molar-refractivity contribution in [1.29, 1.82) is 0 Å². The van der Waals surface area contributed by atoms with E-state index in [0.717, 1.165) is 35.0 Å². The van der Waals surface area contributed by atoms with Crippen molar-refractivity contribution in [3.63, 3.8) is 0 Å². The molecule has 2 rings (SSSR count). The maximum absolute atomic E-state index is 12.1. The Bertz CT molecular complexity index is 629. The fraction of sp³-hybridized carbons (Fsp3) is 0.278. The molecule has 0 saturated heterocycles. The minimum absolute atomic E-state index is 0.00795. The van der Waals surface area contributed by atoms with Gasteiger partial charge in [-0.15, -0.1) is 11.8 Å². The molecule has 2 N–H and O–H groups in total. The lowest BCUT2D eigenvalue weighted by molar-refractivity contribution is -0.113. The average molecular weight is 330 g/mol. The second-order valence-corrected chi connectivity index (χ2v) is 6.04. The largest absolute Gasteiger partial charge is 0.497 e. The number of hydrogen-bond donors (Lipinski definition) is 2. The van der Waals surface area contributed by atoms with Crippen LogP contribution in [0, 0.1) is 0 Å². The SMILES string of the molecule is CCNCc1cccc(NC(=O)CSc2ccc(OC)cc2)c1. The van der Waals surface area contributed by atoms with E-state index in [4.69, 9.17) is 4.74 Å². The van der Waals surface area contributed by atoms with Crippen molar-refractivity contribution >= 4 is 23.4 Å². The second-order valence-electron chi connectivity index (χ2n) is 4.99. The fourth-order valence-corrected chi connectivity index (χ4v) is 2.74. The Labute approximate surface area is 141 Å². The number of benzene rings is 2. The summed E-state index contributed by atoms with van der Waals surface area (Å²) in [5.74, 6) is 1.19. The van der Waals surface area contributed by atoms with Gasteiger partial charge in [0, 0.05) is 17.1 Å². The van der Waals surface area contributed by atoms with Crippen molar-refractivity contribution < 1.29 is 9.53 Å². The van der Waals surface area contributed by atoms with E-state index in [1.807, 2.05) is 48.5 Å². The van der Waals surface area contributed by atoms with Gasteiger partial charge in [-0.05, 0) is 48.5 Å². The van der Waals surface area contributed by atoms with Crippen molar-refractivity contribution in [2.24, 2.45) is 0 Å². The zero-order valence-electron chi connectivity index (χ0n) is 13.5. The third kappa shape index (κ3) is 5.96. The van der Waals surface area contributed by atoms with Crippen molar-refractivity contribution in [1.82, 2.24) is 5.32 Å². The molecule has 0 fully saturated rings. The molecule has 0 aliphatic carbocycles. The number of anilines is 1. The first-order valence-corrected chi connectivity index (χ1v) is 8.56. The Morgan fingerprint density at radius 1 is 1.17 bits per heavy atom. The molecule has 0 atom stereocenters. The van der Waals surface area contributed by atoms with Gasteiger partial charge >= 0.3 is 0 Å². The Balaban J connectivity index is 1.84. The third-order valence-corrected chi connectivity index (χ3v) is 4.23. The molecule has 0 bridgehead atoms. The van der Waals surface area contributed by atoms with E-state index in [1.54, 1.807) is 7.11 Å². The Morgan fingerprint density at radius 2 is 1.96 bits per heavy atom. The molecule has 0 aliphatic heterocycles. The van der Waals surface area contributed by atoms with Crippen LogP contribution in [0.2, 0.25) is 0 Å². The highest BCUT2D eigenvalue weighted by molar-refractivity contribution is 8.00. The standard InChI is InChI=1S/C18H22N2O2S/c1-3-19-12-14-5-4-6-15(11-14)20-18(21)13-23-17-9-7-16(22-2)8-10-17/h4-11,19H,3,12-13H2,1-2H3,(H,20,21). The summed E-state index contributed by atoms with van der Waals surface area (Å²) >= 11 is 1.51. The van der Waals surface area contributed by atoms with Crippen LogP contribution in [0.3, 0.4) is 0 Å². The van der Waals surface area contributed by atoms with E-state index in [-0.39, 0.29) is 5.91 Å². The van der Waals surface area contributed by atoms with Gasteiger partial charge in [0.15, 0.2) is 0 Å². The average Bonchev–Trinajstić information content (AvgIpc) is 2.59. The lowest BCUT2D eigenvalue weighted by Crippen LogP contribution is -2.15. The molecule has 2 aromatic carbocycles. The zero-order chi connectivity index (χ0) is 16.5. The molecule has 4 nitrogen and oxygen atoms in total. The van der Waals surface area contributed by atoms with Crippen LogP contribution in [0.1, 0.15) is 12.5 Å². The van der Waals surface area contributed by atoms with Crippen LogP contribution >= 0.6 is 11.8 Å². The number of hydrogen-bond acceptors (Lipinski definition) is 4. The van der Waals surface area contributed by atoms with Gasteiger partial charge in [0.1, 0.15) is 5.75 Å². The zero-order valence-corrected chi connectivity index (χ0v) is 14.3. The van der Waals surface area contributed by atoms with E-state index < -0.39 is 0 Å². The molecular formula is C18H22N2O2S. The number of methoxy groups -OCH3 is 1. The minimum atomic E-state index is -0.00795. The van der Waals surface area contributed by atoms with Crippen LogP contribution in [-0.2, 0) is 11.3 Å². The highest BCUT2D eigenvalue weighted by Gasteiger charge is 2.05. The molecule has 5 heteroatoms. The summed E-state index contributed by atoms with van der Waals surface area (Å²) in [7, 11) is 1.64. The maximum atomic E-state index is 12.1. The molecule has 0 aliphatic rings. The molecule has 0 heterocycles. The molecule has 1 amide bonds. The minimum Gasteiger partial charge on any atom is -0.497 e. The van der Waals surface area contributed by atoms with Crippen molar-refractivity contribution in [3.05, 3.63) is 54.1 Å². The molecule has 0 unspecified atom stereocenters. The topological polar surface area (TPSA) is 50.4 Å². The number of ether oxygens (including phenoxy) is 1. The first-order chi connectivity index (χ1) is 11.2. The Morgan fingerprint density at radius 3 is 2.65 bits per heavy atom. The Kier molecular flexibility index (Phi) is 6.97. The third-order valence-electron chi connectivity index (χ3n) is 3.22. The van der Waals surface area contributed by atoms with E-state index in [9.17, 15) is 4.79 Å². The molecule has 0 radical (unpaired) electrons. The van der Waals surface area contributed by atoms with Gasteiger partial charge in [0.25, 0.3) is 0 Å². The summed E-state index contributed by atoms with van der Waals surface area (Å²) in [6, 6.07) is 15.6. The van der Waals surface area contributed by atoms with Gasteiger partial charge in [-0.3, -0.25) is 4.79 Å². The number of rotatable bonds is 8. The first-order valence-electron chi connectivity index (χ1n) is 7.57. The van der Waals surface area contributed by atoms with Crippen LogP contribution in [0.25, 0.3) is 0 Å². The summed E-state index contributed by atoms with van der Waals surface area (Å²) in [5, 5.41) is 6.21. The lowest BCUT2D eigenvalue weighted by Gasteiger charge is -2.08. The number of thioether (sulfide) groups is 1. The van der Waals surface area contributed by atoms with Gasteiger partial charge in [-0.1, -0.05) is 19.1 Å². The number of carbonyl (C=O) groups is 1. The van der Waals surface area contributed by atoms with Crippen LogP contribution < -0.4 is 15.4 Å². The smallest absolute Gasteiger partial charge is 0.234 e. The second kappa shape index (κ2) is 9.22. The molecule has 0 saturated carbocycles. The predicted octanol–water partition coefficient (Wildman–Crippen LogP) is 3.54. The Hall–Kier alpha value is -1.98. The highest BCUT2D eigenvalue weighted by atomic mass is 32.2. The van der Waals surface area contributed by atoms with E-state index in [2.05, 4.69) is 17.6 Å². The molecule has 122 valence electrons. The van der Waals surface area contributed by atoms with Crippen LogP contribution in [0.5, 0.6) is 5.75 Å². The molecular weight excluding hydrogens is 308 g/mol. The highest BCUT2D eigenvalue weighted by Crippen LogP contribution is 2.21. The quantitative estimate of drug-likeness (QED) is 0.727. The summed E-state index contributed by atoms with van der Waals surface area (Å²) in [6.45, 7) is 3.80.